The third-order valence-corrected chi connectivity index (χ3v) is 3.59. The van der Waals surface area contributed by atoms with Crippen LogP contribution in [0, 0.1) is 0 Å². The average Bonchev–Trinajstić information content (AvgIpc) is 2.70. The highest BCUT2D eigenvalue weighted by atomic mass is 19.4. The van der Waals surface area contributed by atoms with Crippen molar-refractivity contribution in [1.82, 2.24) is 0 Å². The number of hydrogen-bond donors (Lipinski definition) is 1. The first kappa shape index (κ1) is 21.7. The van der Waals surface area contributed by atoms with Gasteiger partial charge in [-0.3, -0.25) is 4.79 Å². The maximum atomic E-state index is 12.5. The van der Waals surface area contributed by atoms with E-state index >= 15 is 0 Å². The molecular weight excluding hydrogens is 391 g/mol. The van der Waals surface area contributed by atoms with Gasteiger partial charge in [-0.1, -0.05) is 12.1 Å². The molecule has 0 bridgehead atoms. The number of rotatable bonds is 6. The van der Waals surface area contributed by atoms with Crippen LogP contribution in [-0.2, 0) is 25.2 Å². The van der Waals surface area contributed by atoms with Gasteiger partial charge in [0.2, 0.25) is 0 Å². The van der Waals surface area contributed by atoms with E-state index in [1.165, 1.54) is 49.6 Å². The summed E-state index contributed by atoms with van der Waals surface area (Å²) in [7, 11) is 1.25. The summed E-state index contributed by atoms with van der Waals surface area (Å²) in [5, 5.41) is 2.48. The predicted octanol–water partition coefficient (Wildman–Crippen LogP) is 3.69. The van der Waals surface area contributed by atoms with E-state index in [0.29, 0.717) is 16.8 Å². The van der Waals surface area contributed by atoms with Gasteiger partial charge in [-0.25, -0.2) is 9.59 Å². The summed E-state index contributed by atoms with van der Waals surface area (Å²) in [6, 6.07) is 10.1. The Balaban J connectivity index is 1.81. The number of anilines is 1. The lowest BCUT2D eigenvalue weighted by molar-refractivity contribution is -0.142. The lowest BCUT2D eigenvalue weighted by Gasteiger charge is -2.06. The molecule has 0 aliphatic heterocycles. The van der Waals surface area contributed by atoms with Crippen LogP contribution in [-0.4, -0.2) is 31.6 Å². The number of hydrogen-bond acceptors (Lipinski definition) is 5. The predicted molar refractivity (Wildman–Crippen MR) is 97.8 cm³/mol. The van der Waals surface area contributed by atoms with E-state index in [4.69, 9.17) is 4.74 Å². The second-order valence-electron chi connectivity index (χ2n) is 5.68. The molecule has 0 saturated carbocycles. The minimum Gasteiger partial charge on any atom is -0.465 e. The topological polar surface area (TPSA) is 81.7 Å². The molecule has 0 fully saturated rings. The first-order valence-electron chi connectivity index (χ1n) is 8.19. The first-order valence-corrected chi connectivity index (χ1v) is 8.19. The number of carbonyl (C=O) groups is 3. The minimum atomic E-state index is -4.44. The van der Waals surface area contributed by atoms with Gasteiger partial charge < -0.3 is 14.8 Å². The number of carbonyl (C=O) groups excluding carboxylic acids is 3. The van der Waals surface area contributed by atoms with Gasteiger partial charge in [-0.15, -0.1) is 0 Å². The van der Waals surface area contributed by atoms with Gasteiger partial charge in [-0.2, -0.15) is 13.2 Å². The lowest BCUT2D eigenvalue weighted by atomic mass is 10.1. The van der Waals surface area contributed by atoms with Crippen LogP contribution in [0.4, 0.5) is 18.9 Å². The number of halogens is 3. The molecular formula is C20H16F3NO5. The zero-order valence-corrected chi connectivity index (χ0v) is 15.2. The zero-order chi connectivity index (χ0) is 21.4. The van der Waals surface area contributed by atoms with E-state index in [9.17, 15) is 27.6 Å². The van der Waals surface area contributed by atoms with E-state index in [1.807, 2.05) is 0 Å². The Morgan fingerprint density at radius 2 is 1.62 bits per heavy atom. The highest BCUT2D eigenvalue weighted by Gasteiger charge is 2.29. The van der Waals surface area contributed by atoms with E-state index in [-0.39, 0.29) is 0 Å². The summed E-state index contributed by atoms with van der Waals surface area (Å²) in [4.78, 5) is 34.7. The molecule has 0 unspecified atom stereocenters. The molecule has 1 N–H and O–H groups in total. The van der Waals surface area contributed by atoms with Crippen LogP contribution in [0.25, 0.3) is 6.08 Å². The largest absolute Gasteiger partial charge is 0.465 e. The smallest absolute Gasteiger partial charge is 0.416 e. The molecule has 0 aliphatic carbocycles. The molecule has 2 rings (SSSR count). The number of amides is 1. The summed E-state index contributed by atoms with van der Waals surface area (Å²) in [6.07, 6.45) is -2.17. The van der Waals surface area contributed by atoms with Crippen LogP contribution in [0.2, 0.25) is 0 Å². The summed E-state index contributed by atoms with van der Waals surface area (Å²) in [6.45, 7) is -0.561. The third-order valence-electron chi connectivity index (χ3n) is 3.59. The first-order chi connectivity index (χ1) is 13.7. The second-order valence-corrected chi connectivity index (χ2v) is 5.68. The van der Waals surface area contributed by atoms with Crippen molar-refractivity contribution in [2.45, 2.75) is 6.18 Å². The second kappa shape index (κ2) is 9.54. The molecule has 0 radical (unpaired) electrons. The minimum absolute atomic E-state index is 0.310. The SMILES string of the molecule is COC(=O)c1ccc(NC(=O)COC(=O)/C=C/c2ccc(C(F)(F)F)cc2)cc1. The highest BCUT2D eigenvalue weighted by Crippen LogP contribution is 2.29. The van der Waals surface area contributed by atoms with Crippen LogP contribution in [0.15, 0.2) is 54.6 Å². The van der Waals surface area contributed by atoms with Crippen LogP contribution in [0.5, 0.6) is 0 Å². The van der Waals surface area contributed by atoms with Crippen LogP contribution < -0.4 is 5.32 Å². The Morgan fingerprint density at radius 3 is 2.17 bits per heavy atom. The Hall–Kier alpha value is -3.62. The van der Waals surface area contributed by atoms with Gasteiger partial charge in [0.05, 0.1) is 18.2 Å². The molecule has 2 aromatic rings. The van der Waals surface area contributed by atoms with Crippen molar-refractivity contribution in [2.24, 2.45) is 0 Å². The van der Waals surface area contributed by atoms with Gasteiger partial charge in [0, 0.05) is 11.8 Å². The van der Waals surface area contributed by atoms with Crippen LogP contribution in [0.1, 0.15) is 21.5 Å². The Morgan fingerprint density at radius 1 is 1.00 bits per heavy atom. The van der Waals surface area contributed by atoms with E-state index in [0.717, 1.165) is 18.2 Å². The summed E-state index contributed by atoms with van der Waals surface area (Å²) in [5.41, 5.74) is 0.267. The van der Waals surface area contributed by atoms with Gasteiger partial charge in [0.1, 0.15) is 0 Å². The normalized spacial score (nSPS) is 11.2. The van der Waals surface area contributed by atoms with Crippen LogP contribution in [0.3, 0.4) is 0 Å². The molecule has 2 aromatic carbocycles. The molecule has 0 atom stereocenters. The average molecular weight is 407 g/mol. The fourth-order valence-electron chi connectivity index (χ4n) is 2.14. The number of alkyl halides is 3. The van der Waals surface area contributed by atoms with Gasteiger partial charge in [-0.05, 0) is 48.0 Å². The maximum Gasteiger partial charge on any atom is 0.416 e. The summed E-state index contributed by atoms with van der Waals surface area (Å²) >= 11 is 0. The van der Waals surface area contributed by atoms with Crippen molar-refractivity contribution < 1.29 is 37.0 Å². The Labute approximate surface area is 163 Å². The van der Waals surface area contributed by atoms with E-state index in [1.54, 1.807) is 0 Å². The van der Waals surface area contributed by atoms with Gasteiger partial charge in [0.25, 0.3) is 5.91 Å². The van der Waals surface area contributed by atoms with Crippen molar-refractivity contribution >= 4 is 29.6 Å². The summed E-state index contributed by atoms with van der Waals surface area (Å²) in [5.74, 6) is -1.95. The number of benzene rings is 2. The Kier molecular flexibility index (Phi) is 7.13. The molecule has 0 aliphatic rings. The molecule has 0 heterocycles. The number of methoxy groups -OCH3 is 1. The van der Waals surface area contributed by atoms with Crippen molar-refractivity contribution in [3.8, 4) is 0 Å². The number of nitrogens with one attached hydrogen (secondary N) is 1. The maximum absolute atomic E-state index is 12.5. The molecule has 9 heteroatoms. The lowest BCUT2D eigenvalue weighted by Crippen LogP contribution is -2.20. The molecule has 1 amide bonds. The van der Waals surface area contributed by atoms with E-state index < -0.39 is 36.2 Å². The number of ether oxygens (including phenoxy) is 2. The molecule has 0 spiro atoms. The van der Waals surface area contributed by atoms with Gasteiger partial charge in [0.15, 0.2) is 6.61 Å². The van der Waals surface area contributed by atoms with E-state index in [2.05, 4.69) is 10.1 Å². The van der Waals surface area contributed by atoms with Crippen molar-refractivity contribution in [2.75, 3.05) is 19.0 Å². The standard InChI is InChI=1S/C20H16F3NO5/c1-28-19(27)14-5-9-16(10-6-14)24-17(25)12-29-18(26)11-4-13-2-7-15(8-3-13)20(21,22)23/h2-11H,12H2,1H3,(H,24,25)/b11-4+. The molecule has 152 valence electrons. The highest BCUT2D eigenvalue weighted by molar-refractivity contribution is 5.95. The molecule has 0 saturated heterocycles. The van der Waals surface area contributed by atoms with Gasteiger partial charge >= 0.3 is 18.1 Å². The third kappa shape index (κ3) is 6.80. The quantitative estimate of drug-likeness (QED) is 0.584. The number of esters is 2. The zero-order valence-electron chi connectivity index (χ0n) is 15.2. The molecule has 0 aromatic heterocycles. The van der Waals surface area contributed by atoms with Crippen molar-refractivity contribution in [3.63, 3.8) is 0 Å². The molecule has 29 heavy (non-hydrogen) atoms. The monoisotopic (exact) mass is 407 g/mol. The molecule has 6 nitrogen and oxygen atoms in total. The Bertz CT molecular complexity index is 903. The fourth-order valence-corrected chi connectivity index (χ4v) is 2.14. The van der Waals surface area contributed by atoms with Crippen molar-refractivity contribution in [1.29, 1.82) is 0 Å². The van der Waals surface area contributed by atoms with Crippen molar-refractivity contribution in [3.05, 3.63) is 71.3 Å². The van der Waals surface area contributed by atoms with Crippen LogP contribution >= 0.6 is 0 Å². The summed E-state index contributed by atoms with van der Waals surface area (Å²) < 4.78 is 46.8. The fraction of sp³-hybridized carbons (Fsp3) is 0.150.